The molecule has 2 atom stereocenters. The summed E-state index contributed by atoms with van der Waals surface area (Å²) in [5, 5.41) is 4.90. The van der Waals surface area contributed by atoms with Crippen molar-refractivity contribution in [2.45, 2.75) is 179 Å². The molecule has 5 heterocycles. The minimum absolute atomic E-state index is 0.00167. The van der Waals surface area contributed by atoms with Crippen molar-refractivity contribution < 1.29 is 4.42 Å². The molecule has 1 saturated carbocycles. The molecule has 16 rings (SSSR count). The predicted octanol–water partition coefficient (Wildman–Crippen LogP) is 19.8. The highest BCUT2D eigenvalue weighted by Gasteiger charge is 2.59. The first kappa shape index (κ1) is 50.9. The van der Waals surface area contributed by atoms with Crippen molar-refractivity contribution in [3.05, 3.63) is 173 Å². The molecule has 0 bridgehead atoms. The van der Waals surface area contributed by atoms with Gasteiger partial charge in [-0.1, -0.05) is 169 Å². The van der Waals surface area contributed by atoms with Gasteiger partial charge in [0.15, 0.2) is 5.58 Å². The smallest absolute Gasteiger partial charge is 0.252 e. The van der Waals surface area contributed by atoms with Crippen molar-refractivity contribution in [1.29, 1.82) is 0 Å². The van der Waals surface area contributed by atoms with E-state index in [9.17, 15) is 0 Å². The molecule has 3 aliphatic carbocycles. The van der Waals surface area contributed by atoms with Crippen LogP contribution in [-0.2, 0) is 32.5 Å². The molecule has 82 heavy (non-hydrogen) atoms. The van der Waals surface area contributed by atoms with Gasteiger partial charge in [0.2, 0.25) is 0 Å². The van der Waals surface area contributed by atoms with Gasteiger partial charge in [-0.3, -0.25) is 0 Å². The van der Waals surface area contributed by atoms with E-state index in [2.05, 4.69) is 244 Å². The van der Waals surface area contributed by atoms with Gasteiger partial charge in [-0.15, -0.1) is 11.3 Å². The van der Waals surface area contributed by atoms with Crippen molar-refractivity contribution in [3.63, 3.8) is 0 Å². The second-order valence-corrected chi connectivity index (χ2v) is 31.2. The van der Waals surface area contributed by atoms with Crippen molar-refractivity contribution in [3.8, 4) is 0 Å². The Kier molecular flexibility index (Phi) is 10.3. The fourth-order valence-corrected chi connectivity index (χ4v) is 18.3. The molecular weight excluding hydrogens is 1010 g/mol. The lowest BCUT2D eigenvalue weighted by atomic mass is 9.33. The first-order chi connectivity index (χ1) is 39.0. The first-order valence-electron chi connectivity index (χ1n) is 30.9. The van der Waals surface area contributed by atoms with Gasteiger partial charge in [0.1, 0.15) is 5.58 Å². The van der Waals surface area contributed by atoms with E-state index < -0.39 is 0 Å². The summed E-state index contributed by atoms with van der Waals surface area (Å²) in [6.45, 7) is 32.3. The van der Waals surface area contributed by atoms with Crippen LogP contribution in [0.15, 0.2) is 144 Å². The maximum Gasteiger partial charge on any atom is 0.252 e. The molecule has 2 aromatic heterocycles. The van der Waals surface area contributed by atoms with Crippen LogP contribution >= 0.6 is 11.3 Å². The highest BCUT2D eigenvalue weighted by molar-refractivity contribution is 7.26. The SMILES string of the molecule is CC(C)(C)c1ccc2c(c1)C1(C)CCCCC1(C)N2c1cc2c3c(c1)N(c1cccc4c1oc1ccccc14)c1cc4c(cc1B3c1cc3c(cc1N2c1ccc2c(c1)C(C)(C)CCC2(C)C)C(C)(C)CCC3(C)C)sc1ccccc14. The Morgan fingerprint density at radius 1 is 0.439 bits per heavy atom. The van der Waals surface area contributed by atoms with E-state index in [0.29, 0.717) is 0 Å². The van der Waals surface area contributed by atoms with Crippen molar-refractivity contribution in [1.82, 2.24) is 0 Å². The van der Waals surface area contributed by atoms with Crippen LogP contribution in [0.4, 0.5) is 45.5 Å². The maximum absolute atomic E-state index is 7.20. The van der Waals surface area contributed by atoms with Gasteiger partial charge >= 0.3 is 0 Å². The molecular formula is C76H78BN3OS. The van der Waals surface area contributed by atoms with Gasteiger partial charge in [-0.25, -0.2) is 0 Å². The Balaban J connectivity index is 1.08. The second kappa shape index (κ2) is 16.5. The number of rotatable bonds is 3. The minimum Gasteiger partial charge on any atom is -0.454 e. The minimum atomic E-state index is -0.185. The topological polar surface area (TPSA) is 22.9 Å². The summed E-state index contributed by atoms with van der Waals surface area (Å²) < 4.78 is 9.86. The zero-order valence-corrected chi connectivity index (χ0v) is 51.5. The number of furan rings is 1. The lowest BCUT2D eigenvalue weighted by Gasteiger charge is -2.51. The van der Waals surface area contributed by atoms with E-state index in [4.69, 9.17) is 4.42 Å². The fraction of sp³-hybridized carbons (Fsp3) is 0.368. The van der Waals surface area contributed by atoms with Gasteiger partial charge in [0.05, 0.1) is 11.2 Å². The molecule has 0 amide bonds. The zero-order chi connectivity index (χ0) is 56.6. The maximum atomic E-state index is 7.20. The van der Waals surface area contributed by atoms with E-state index in [1.54, 1.807) is 0 Å². The summed E-state index contributed by atoms with van der Waals surface area (Å²) in [5.74, 6) is 0. The molecule has 412 valence electrons. The number of hydrogen-bond acceptors (Lipinski definition) is 5. The highest BCUT2D eigenvalue weighted by atomic mass is 32.1. The van der Waals surface area contributed by atoms with Gasteiger partial charge in [-0.05, 0) is 189 Å². The third-order valence-electron chi connectivity index (χ3n) is 22.5. The first-order valence-corrected chi connectivity index (χ1v) is 31.7. The number of thiophene rings is 1. The Bertz CT molecular complexity index is 4430. The molecule has 10 aromatic rings. The Morgan fingerprint density at radius 3 is 1.80 bits per heavy atom. The van der Waals surface area contributed by atoms with E-state index in [0.717, 1.165) is 59.7 Å². The molecule has 2 unspecified atom stereocenters. The molecule has 0 N–H and O–H groups in total. The fourth-order valence-electron chi connectivity index (χ4n) is 17.2. The molecule has 1 fully saturated rings. The van der Waals surface area contributed by atoms with Crippen LogP contribution in [0.25, 0.3) is 42.1 Å². The number of fused-ring (bicyclic) bond motifs is 15. The van der Waals surface area contributed by atoms with E-state index in [1.165, 1.54) is 129 Å². The number of nitrogens with zero attached hydrogens (tertiary/aromatic N) is 3. The van der Waals surface area contributed by atoms with Crippen molar-refractivity contribution in [2.75, 3.05) is 14.7 Å². The second-order valence-electron chi connectivity index (χ2n) is 30.1. The quantitative estimate of drug-likeness (QED) is 0.165. The van der Waals surface area contributed by atoms with Crippen LogP contribution in [0, 0.1) is 0 Å². The lowest BCUT2D eigenvalue weighted by Crippen LogP contribution is -2.62. The largest absolute Gasteiger partial charge is 0.454 e. The summed E-state index contributed by atoms with van der Waals surface area (Å²) in [7, 11) is 0. The molecule has 8 aromatic carbocycles. The number of benzene rings is 8. The number of anilines is 8. The van der Waals surface area contributed by atoms with Gasteiger partial charge in [0.25, 0.3) is 6.71 Å². The van der Waals surface area contributed by atoms with Crippen LogP contribution in [0.2, 0.25) is 0 Å². The van der Waals surface area contributed by atoms with Crippen LogP contribution in [0.3, 0.4) is 0 Å². The zero-order valence-electron chi connectivity index (χ0n) is 50.7. The van der Waals surface area contributed by atoms with Crippen LogP contribution in [0.5, 0.6) is 0 Å². The number of para-hydroxylation sites is 2. The summed E-state index contributed by atoms with van der Waals surface area (Å²) in [6.07, 6.45) is 9.37. The summed E-state index contributed by atoms with van der Waals surface area (Å²) in [5.41, 5.74) is 24.7. The standard InChI is InChI=1S/C76H78BN3OS/c1-70(2,3)45-27-30-59-56(37-45)75(12)31-18-19-32-76(75,13)80(59)47-39-63-68-64(40-47)79(60-24-20-23-50-48-21-14-16-25-65(48)81-69(50)60)61-41-51-49-22-15-17-26-66(49)82-67(51)44-58(61)77(68)57-42-54-55(74(10,11)36-35-73(54,8)9)43-62(57)78(63)46-28-29-52-53(38-46)72(6,7)34-33-71(52,4)5/h14-17,20-30,37-44H,18-19,31-36H2,1-13H3. The van der Waals surface area contributed by atoms with Crippen LogP contribution < -0.4 is 31.1 Å². The summed E-state index contributed by atoms with van der Waals surface area (Å²) >= 11 is 1.94. The third kappa shape index (κ3) is 6.79. The molecule has 6 aliphatic rings. The monoisotopic (exact) mass is 1090 g/mol. The predicted molar refractivity (Wildman–Crippen MR) is 353 cm³/mol. The molecule has 0 saturated heterocycles. The van der Waals surface area contributed by atoms with Gasteiger partial charge in [-0.2, -0.15) is 0 Å². The average molecular weight is 1090 g/mol. The summed E-state index contributed by atoms with van der Waals surface area (Å²) in [6, 6.07) is 55.7. The molecule has 0 spiro atoms. The Morgan fingerprint density at radius 2 is 1.06 bits per heavy atom. The van der Waals surface area contributed by atoms with Gasteiger partial charge < -0.3 is 19.1 Å². The molecule has 3 aliphatic heterocycles. The molecule has 0 radical (unpaired) electrons. The van der Waals surface area contributed by atoms with Crippen LogP contribution in [0.1, 0.15) is 175 Å². The lowest BCUT2D eigenvalue weighted by molar-refractivity contribution is 0.195. The van der Waals surface area contributed by atoms with E-state index >= 15 is 0 Å². The highest BCUT2D eigenvalue weighted by Crippen LogP contribution is 2.63. The normalized spacial score (nSPS) is 22.5. The Hall–Kier alpha value is -6.76. The van der Waals surface area contributed by atoms with E-state index in [-0.39, 0.29) is 44.7 Å². The van der Waals surface area contributed by atoms with Crippen molar-refractivity contribution >= 4 is 122 Å². The Labute approximate surface area is 490 Å². The van der Waals surface area contributed by atoms with E-state index in [1.807, 2.05) is 11.3 Å². The van der Waals surface area contributed by atoms with Gasteiger partial charge in [0, 0.05) is 76.2 Å². The summed E-state index contributed by atoms with van der Waals surface area (Å²) in [4.78, 5) is 8.30. The third-order valence-corrected chi connectivity index (χ3v) is 23.6. The number of hydrogen-bond donors (Lipinski definition) is 0. The average Bonchev–Trinajstić information content (AvgIpc) is 1.54. The van der Waals surface area contributed by atoms with Crippen LogP contribution in [-0.4, -0.2) is 12.3 Å². The molecule has 6 heteroatoms. The molecule has 4 nitrogen and oxygen atoms in total. The van der Waals surface area contributed by atoms with Crippen molar-refractivity contribution in [2.24, 2.45) is 0 Å².